The molecule has 1 aliphatic carbocycles. The van der Waals surface area contributed by atoms with E-state index in [1.165, 1.54) is 10.4 Å². The number of carbonyl (C=O) groups is 1. The first-order valence-electron chi connectivity index (χ1n) is 12.7. The molecule has 1 heterocycles. The summed E-state index contributed by atoms with van der Waals surface area (Å²) >= 11 is 3.24. The Hall–Kier alpha value is -2.22. The highest BCUT2D eigenvalue weighted by molar-refractivity contribution is 9.09. The number of hydrogen-bond acceptors (Lipinski definition) is 3. The lowest BCUT2D eigenvalue weighted by Crippen LogP contribution is -2.68. The van der Waals surface area contributed by atoms with Crippen molar-refractivity contribution in [3.05, 3.63) is 72.4 Å². The van der Waals surface area contributed by atoms with Crippen molar-refractivity contribution in [2.75, 3.05) is 10.6 Å². The van der Waals surface area contributed by atoms with Gasteiger partial charge in [0.2, 0.25) is 5.91 Å². The lowest BCUT2D eigenvalue weighted by atomic mass is 9.80. The van der Waals surface area contributed by atoms with Crippen molar-refractivity contribution in [2.24, 2.45) is 0 Å². The van der Waals surface area contributed by atoms with Crippen LogP contribution in [-0.4, -0.2) is 35.4 Å². The van der Waals surface area contributed by atoms with Gasteiger partial charge in [-0.05, 0) is 49.0 Å². The van der Waals surface area contributed by atoms with Gasteiger partial charge < -0.3 is 9.74 Å². The van der Waals surface area contributed by atoms with Crippen molar-refractivity contribution in [3.63, 3.8) is 0 Å². The number of alkyl halides is 1. The summed E-state index contributed by atoms with van der Waals surface area (Å²) in [5.74, 6) is 0.989. The molecular formula is C29H38BrN3O2Si. The number of hydrogen-bond donors (Lipinski definition) is 1. The minimum absolute atomic E-state index is 0.0399. The topological polar surface area (TPSA) is 56.1 Å². The number of benzene rings is 2. The van der Waals surface area contributed by atoms with E-state index >= 15 is 0 Å². The van der Waals surface area contributed by atoms with E-state index in [4.69, 9.17) is 9.52 Å². The van der Waals surface area contributed by atoms with Crippen LogP contribution in [0.3, 0.4) is 0 Å². The molecule has 1 aliphatic rings. The van der Waals surface area contributed by atoms with Crippen LogP contribution in [0, 0.1) is 0 Å². The molecular weight excluding hydrogens is 530 g/mol. The molecule has 4 rings (SSSR count). The highest BCUT2D eigenvalue weighted by Gasteiger charge is 2.53. The van der Waals surface area contributed by atoms with Crippen molar-refractivity contribution in [1.82, 2.24) is 9.78 Å². The quantitative estimate of drug-likeness (QED) is 0.290. The molecule has 0 atom stereocenters. The predicted molar refractivity (Wildman–Crippen MR) is 154 cm³/mol. The van der Waals surface area contributed by atoms with Gasteiger partial charge in [-0.1, -0.05) is 97.4 Å². The maximum atomic E-state index is 12.1. The van der Waals surface area contributed by atoms with Crippen LogP contribution in [0.15, 0.2) is 66.7 Å². The van der Waals surface area contributed by atoms with Gasteiger partial charge in [0.15, 0.2) is 0 Å². The van der Waals surface area contributed by atoms with Gasteiger partial charge in [0.25, 0.3) is 8.32 Å². The van der Waals surface area contributed by atoms with E-state index < -0.39 is 8.32 Å². The van der Waals surface area contributed by atoms with Gasteiger partial charge in [-0.25, -0.2) is 4.68 Å². The monoisotopic (exact) mass is 567 g/mol. The zero-order valence-electron chi connectivity index (χ0n) is 22.2. The molecule has 7 heteroatoms. The van der Waals surface area contributed by atoms with Crippen LogP contribution >= 0.6 is 15.9 Å². The minimum atomic E-state index is -2.56. The lowest BCUT2D eigenvalue weighted by Gasteiger charge is -2.48. The van der Waals surface area contributed by atoms with E-state index in [1.807, 2.05) is 10.7 Å². The van der Waals surface area contributed by atoms with Gasteiger partial charge >= 0.3 is 0 Å². The molecule has 1 N–H and O–H groups in total. The third kappa shape index (κ3) is 5.24. The highest BCUT2D eigenvalue weighted by atomic mass is 79.9. The Morgan fingerprint density at radius 3 is 1.97 bits per heavy atom. The molecule has 0 bridgehead atoms. The molecule has 3 aromatic rings. The second-order valence-electron chi connectivity index (χ2n) is 11.8. The van der Waals surface area contributed by atoms with Crippen molar-refractivity contribution in [3.8, 4) is 0 Å². The molecule has 36 heavy (non-hydrogen) atoms. The number of nitrogens with zero attached hydrogens (tertiary/aromatic N) is 2. The summed E-state index contributed by atoms with van der Waals surface area (Å²) in [6.45, 7) is 13.3. The van der Waals surface area contributed by atoms with Gasteiger partial charge in [0.05, 0.1) is 16.6 Å². The molecule has 0 unspecified atom stereocenters. The first-order chi connectivity index (χ1) is 17.0. The van der Waals surface area contributed by atoms with E-state index in [2.05, 4.69) is 123 Å². The third-order valence-corrected chi connectivity index (χ3v) is 12.6. The smallest absolute Gasteiger partial charge is 0.261 e. The molecule has 1 fully saturated rings. The van der Waals surface area contributed by atoms with Gasteiger partial charge in [-0.15, -0.1) is 0 Å². The number of carbonyl (C=O) groups excluding carboxylic acids is 1. The highest BCUT2D eigenvalue weighted by Crippen LogP contribution is 2.45. The summed E-state index contributed by atoms with van der Waals surface area (Å²) < 4.78 is 9.21. The summed E-state index contributed by atoms with van der Waals surface area (Å²) in [7, 11) is -2.56. The number of anilines is 1. The van der Waals surface area contributed by atoms with Gasteiger partial charge in [-0.2, -0.15) is 5.10 Å². The Balaban J connectivity index is 1.62. The second-order valence-corrected chi connectivity index (χ2v) is 16.6. The number of nitrogens with one attached hydrogen (secondary N) is 1. The number of aromatic nitrogens is 2. The summed E-state index contributed by atoms with van der Waals surface area (Å²) in [6, 6.07) is 23.7. The Morgan fingerprint density at radius 2 is 1.53 bits per heavy atom. The summed E-state index contributed by atoms with van der Waals surface area (Å²) in [4.78, 5) is 12.1. The van der Waals surface area contributed by atoms with Gasteiger partial charge in [0.1, 0.15) is 5.82 Å². The van der Waals surface area contributed by atoms with Crippen molar-refractivity contribution >= 4 is 46.3 Å². The summed E-state index contributed by atoms with van der Waals surface area (Å²) in [5.41, 5.74) is 0.791. The van der Waals surface area contributed by atoms with Crippen LogP contribution < -0.4 is 15.7 Å². The predicted octanol–water partition coefficient (Wildman–Crippen LogP) is 5.79. The van der Waals surface area contributed by atoms with Crippen LogP contribution in [-0.2, 0) is 14.8 Å². The average Bonchev–Trinajstić information content (AvgIpc) is 3.22. The number of rotatable bonds is 7. The fraction of sp³-hybridized carbons (Fsp3) is 0.448. The zero-order valence-corrected chi connectivity index (χ0v) is 24.8. The van der Waals surface area contributed by atoms with Crippen LogP contribution in [0.25, 0.3) is 0 Å². The van der Waals surface area contributed by atoms with E-state index in [-0.39, 0.29) is 27.9 Å². The normalized spacial score (nSPS) is 18.5. The van der Waals surface area contributed by atoms with Crippen LogP contribution in [0.4, 0.5) is 5.82 Å². The molecule has 1 saturated carbocycles. The fourth-order valence-electron chi connectivity index (χ4n) is 5.22. The Labute approximate surface area is 224 Å². The Kier molecular flexibility index (Phi) is 7.65. The fourth-order valence-corrected chi connectivity index (χ4v) is 10.1. The largest absolute Gasteiger partial charge is 0.404 e. The average molecular weight is 569 g/mol. The maximum absolute atomic E-state index is 12.1. The molecule has 0 spiro atoms. The van der Waals surface area contributed by atoms with Crippen molar-refractivity contribution in [1.29, 1.82) is 0 Å². The van der Waals surface area contributed by atoms with Crippen LogP contribution in [0.1, 0.15) is 66.0 Å². The number of halogens is 1. The lowest BCUT2D eigenvalue weighted by molar-refractivity contribution is -0.113. The molecule has 0 aliphatic heterocycles. The molecule has 0 radical (unpaired) electrons. The SMILES string of the molecule is CC(C)(C)n1nc(C2CC(O[Si](c3ccccc3)(c3ccccc3)C(C)(C)C)C2)cc1NC(=O)CBr. The van der Waals surface area contributed by atoms with E-state index in [0.29, 0.717) is 5.92 Å². The van der Waals surface area contributed by atoms with E-state index in [1.54, 1.807) is 0 Å². The first kappa shape index (κ1) is 26.8. The standard InChI is InChI=1S/C29H38BrN3O2Si/c1-28(2,3)33-26(31-27(34)20-30)19-25(32-33)21-17-22(18-21)35-36(29(4,5)6,23-13-9-7-10-14-23)24-15-11-8-12-16-24/h7-16,19,21-22H,17-18,20H2,1-6H3,(H,31,34). The maximum Gasteiger partial charge on any atom is 0.261 e. The van der Waals surface area contributed by atoms with Gasteiger partial charge in [0, 0.05) is 18.1 Å². The first-order valence-corrected chi connectivity index (χ1v) is 15.7. The summed E-state index contributed by atoms with van der Waals surface area (Å²) in [6.07, 6.45) is 2.02. The molecule has 5 nitrogen and oxygen atoms in total. The molecule has 1 amide bonds. The zero-order chi connectivity index (χ0) is 26.1. The second kappa shape index (κ2) is 10.3. The third-order valence-electron chi connectivity index (χ3n) is 7.03. The van der Waals surface area contributed by atoms with E-state index in [9.17, 15) is 4.79 Å². The molecule has 1 aromatic heterocycles. The van der Waals surface area contributed by atoms with E-state index in [0.717, 1.165) is 24.4 Å². The Morgan fingerprint density at radius 1 is 1.00 bits per heavy atom. The number of amides is 1. The summed E-state index contributed by atoms with van der Waals surface area (Å²) in [5, 5.41) is 10.8. The van der Waals surface area contributed by atoms with Crippen LogP contribution in [0.5, 0.6) is 0 Å². The van der Waals surface area contributed by atoms with Crippen molar-refractivity contribution in [2.45, 2.75) is 77.0 Å². The van der Waals surface area contributed by atoms with Crippen molar-refractivity contribution < 1.29 is 9.22 Å². The minimum Gasteiger partial charge on any atom is -0.404 e. The molecule has 192 valence electrons. The molecule has 0 saturated heterocycles. The molecule has 2 aromatic carbocycles. The van der Waals surface area contributed by atoms with Gasteiger partial charge in [-0.3, -0.25) is 4.79 Å². The Bertz CT molecular complexity index is 1140. The van der Waals surface area contributed by atoms with Crippen LogP contribution in [0.2, 0.25) is 5.04 Å².